The van der Waals surface area contributed by atoms with Crippen molar-refractivity contribution < 1.29 is 38.9 Å². The van der Waals surface area contributed by atoms with Crippen molar-refractivity contribution >= 4 is 78.8 Å². The van der Waals surface area contributed by atoms with E-state index >= 15 is 0 Å². The van der Waals surface area contributed by atoms with Gasteiger partial charge < -0.3 is 30.3 Å². The lowest BCUT2D eigenvalue weighted by molar-refractivity contribution is -0.112. The zero-order chi connectivity index (χ0) is 32.1. The molecule has 0 unspecified atom stereocenters. The second kappa shape index (κ2) is 13.1. The number of carboxylic acid groups (broad SMARTS) is 2. The SMILES string of the molecule is COc1ccc(C=CC(=O)Nc2cc3sc4cc(NC(=O)C=Cc5ccc(OC)cc5)c(C(=O)O)cc4c3cc2C(=O)O)cc1. The summed E-state index contributed by atoms with van der Waals surface area (Å²) < 4.78 is 11.5. The molecule has 4 N–H and O–H groups in total. The third-order valence-electron chi connectivity index (χ3n) is 6.81. The standard InChI is InChI=1S/C34H26N2O8S/c1-43-21-9-3-19(4-10-21)7-13-31(37)35-27-17-29-23(15-25(27)33(39)40)24-16-26(34(41)42)28(18-30(24)45-29)36-32(38)14-8-20-5-11-22(44-2)12-6-20/h3-18H,1-2H3,(H,35,37)(H,36,38)(H,39,40)(H,41,42). The molecule has 10 nitrogen and oxygen atoms in total. The number of carbonyl (C=O) groups is 4. The Morgan fingerprint density at radius 2 is 1.00 bits per heavy atom. The Morgan fingerprint density at radius 1 is 0.622 bits per heavy atom. The largest absolute Gasteiger partial charge is 0.497 e. The molecular weight excluding hydrogens is 596 g/mol. The highest BCUT2D eigenvalue weighted by molar-refractivity contribution is 7.25. The van der Waals surface area contributed by atoms with Gasteiger partial charge in [0.15, 0.2) is 0 Å². The van der Waals surface area contributed by atoms with Gasteiger partial charge in [-0.3, -0.25) is 9.59 Å². The van der Waals surface area contributed by atoms with Gasteiger partial charge in [0.1, 0.15) is 11.5 Å². The summed E-state index contributed by atoms with van der Waals surface area (Å²) in [4.78, 5) is 49.7. The second-order valence-corrected chi connectivity index (χ2v) is 10.8. The number of aromatic carboxylic acids is 2. The number of carboxylic acids is 2. The number of hydrogen-bond donors (Lipinski definition) is 4. The van der Waals surface area contributed by atoms with Crippen molar-refractivity contribution in [1.82, 2.24) is 0 Å². The van der Waals surface area contributed by atoms with Crippen molar-refractivity contribution in [3.05, 3.63) is 107 Å². The summed E-state index contributed by atoms with van der Waals surface area (Å²) in [7, 11) is 3.11. The Hall–Kier alpha value is -5.94. The minimum atomic E-state index is -1.27. The number of carbonyl (C=O) groups excluding carboxylic acids is 2. The molecule has 45 heavy (non-hydrogen) atoms. The van der Waals surface area contributed by atoms with Crippen LogP contribution in [0.2, 0.25) is 0 Å². The summed E-state index contributed by atoms with van der Waals surface area (Å²) in [6.45, 7) is 0. The molecule has 5 aromatic rings. The van der Waals surface area contributed by atoms with Crippen LogP contribution < -0.4 is 20.1 Å². The molecule has 0 atom stereocenters. The van der Waals surface area contributed by atoms with E-state index in [1.165, 1.54) is 35.6 Å². The first-order chi connectivity index (χ1) is 21.6. The van der Waals surface area contributed by atoms with E-state index in [2.05, 4.69) is 10.6 Å². The highest BCUT2D eigenvalue weighted by Crippen LogP contribution is 2.39. The maximum Gasteiger partial charge on any atom is 0.337 e. The molecule has 226 valence electrons. The molecule has 5 rings (SSSR count). The van der Waals surface area contributed by atoms with E-state index in [0.29, 0.717) is 31.7 Å². The van der Waals surface area contributed by atoms with Crippen LogP contribution in [0.4, 0.5) is 11.4 Å². The first-order valence-electron chi connectivity index (χ1n) is 13.4. The second-order valence-electron chi connectivity index (χ2n) is 9.69. The first-order valence-corrected chi connectivity index (χ1v) is 14.2. The quantitative estimate of drug-likeness (QED) is 0.125. The number of methoxy groups -OCH3 is 2. The van der Waals surface area contributed by atoms with Crippen molar-refractivity contribution in [2.75, 3.05) is 24.9 Å². The number of amides is 2. The molecule has 4 aromatic carbocycles. The molecule has 2 amide bonds. The van der Waals surface area contributed by atoms with Crippen LogP contribution in [0.25, 0.3) is 32.3 Å². The van der Waals surface area contributed by atoms with Crippen LogP contribution in [-0.4, -0.2) is 48.2 Å². The van der Waals surface area contributed by atoms with Gasteiger partial charge in [-0.15, -0.1) is 11.3 Å². The molecule has 0 radical (unpaired) electrons. The number of thiophene rings is 1. The van der Waals surface area contributed by atoms with E-state index in [0.717, 1.165) is 11.1 Å². The molecule has 0 bridgehead atoms. The van der Waals surface area contributed by atoms with Crippen molar-refractivity contribution in [3.8, 4) is 11.5 Å². The van der Waals surface area contributed by atoms with E-state index < -0.39 is 23.8 Å². The monoisotopic (exact) mass is 622 g/mol. The van der Waals surface area contributed by atoms with Crippen LogP contribution in [0.15, 0.2) is 84.9 Å². The van der Waals surface area contributed by atoms with Gasteiger partial charge in [0.2, 0.25) is 11.8 Å². The van der Waals surface area contributed by atoms with Crippen LogP contribution in [0.3, 0.4) is 0 Å². The van der Waals surface area contributed by atoms with Gasteiger partial charge in [-0.2, -0.15) is 0 Å². The zero-order valence-corrected chi connectivity index (χ0v) is 24.8. The lowest BCUT2D eigenvalue weighted by atomic mass is 10.0. The normalized spacial score (nSPS) is 11.2. The molecule has 1 aromatic heterocycles. The maximum atomic E-state index is 12.7. The van der Waals surface area contributed by atoms with Crippen molar-refractivity contribution in [1.29, 1.82) is 0 Å². The topological polar surface area (TPSA) is 151 Å². The van der Waals surface area contributed by atoms with Crippen molar-refractivity contribution in [3.63, 3.8) is 0 Å². The summed E-state index contributed by atoms with van der Waals surface area (Å²) in [6, 6.07) is 20.0. The average Bonchev–Trinajstić information content (AvgIpc) is 3.38. The lowest BCUT2D eigenvalue weighted by Gasteiger charge is -2.09. The fourth-order valence-electron chi connectivity index (χ4n) is 4.55. The summed E-state index contributed by atoms with van der Waals surface area (Å²) in [5.74, 6) is -2.26. The van der Waals surface area contributed by atoms with Crippen molar-refractivity contribution in [2.24, 2.45) is 0 Å². The number of benzene rings is 4. The molecule has 0 aliphatic heterocycles. The number of rotatable bonds is 10. The van der Waals surface area contributed by atoms with Gasteiger partial charge in [-0.05, 0) is 71.8 Å². The Morgan fingerprint density at radius 3 is 1.33 bits per heavy atom. The minimum absolute atomic E-state index is 0.0848. The predicted molar refractivity (Wildman–Crippen MR) is 175 cm³/mol. The van der Waals surface area contributed by atoms with Crippen LogP contribution in [-0.2, 0) is 9.59 Å². The molecule has 0 spiro atoms. The van der Waals surface area contributed by atoms with Gasteiger partial charge in [-0.1, -0.05) is 24.3 Å². The molecule has 0 saturated heterocycles. The van der Waals surface area contributed by atoms with E-state index in [4.69, 9.17) is 9.47 Å². The lowest BCUT2D eigenvalue weighted by Crippen LogP contribution is -2.12. The maximum absolute atomic E-state index is 12.7. The van der Waals surface area contributed by atoms with E-state index in [9.17, 15) is 29.4 Å². The highest BCUT2D eigenvalue weighted by Gasteiger charge is 2.20. The van der Waals surface area contributed by atoms with Crippen LogP contribution in [0, 0.1) is 0 Å². The molecule has 0 aliphatic rings. The van der Waals surface area contributed by atoms with Crippen LogP contribution >= 0.6 is 11.3 Å². The molecular formula is C34H26N2O8S. The smallest absolute Gasteiger partial charge is 0.337 e. The van der Waals surface area contributed by atoms with Gasteiger partial charge >= 0.3 is 11.9 Å². The highest BCUT2D eigenvalue weighted by atomic mass is 32.1. The molecule has 0 fully saturated rings. The fourth-order valence-corrected chi connectivity index (χ4v) is 5.70. The number of anilines is 2. The molecule has 0 aliphatic carbocycles. The first kappa shape index (κ1) is 30.5. The van der Waals surface area contributed by atoms with E-state index in [-0.39, 0.29) is 22.5 Å². The Kier molecular flexibility index (Phi) is 8.91. The number of fused-ring (bicyclic) bond motifs is 3. The fraction of sp³-hybridized carbons (Fsp3) is 0.0588. The Balaban J connectivity index is 1.44. The zero-order valence-electron chi connectivity index (χ0n) is 24.0. The third kappa shape index (κ3) is 7.00. The van der Waals surface area contributed by atoms with E-state index in [1.807, 2.05) is 0 Å². The summed E-state index contributed by atoms with van der Waals surface area (Å²) in [6.07, 6.45) is 5.75. The van der Waals surface area contributed by atoms with Crippen LogP contribution in [0.1, 0.15) is 31.8 Å². The van der Waals surface area contributed by atoms with Gasteiger partial charge in [-0.25, -0.2) is 9.59 Å². The van der Waals surface area contributed by atoms with Crippen molar-refractivity contribution in [2.45, 2.75) is 0 Å². The van der Waals surface area contributed by atoms with E-state index in [1.54, 1.807) is 87.0 Å². The third-order valence-corrected chi connectivity index (χ3v) is 7.93. The number of ether oxygens (including phenoxy) is 2. The number of hydrogen-bond acceptors (Lipinski definition) is 7. The minimum Gasteiger partial charge on any atom is -0.497 e. The Labute approximate surface area is 260 Å². The van der Waals surface area contributed by atoms with Crippen LogP contribution in [0.5, 0.6) is 11.5 Å². The average molecular weight is 623 g/mol. The summed E-state index contributed by atoms with van der Waals surface area (Å²) in [5, 5.41) is 26.1. The Bertz CT molecular complexity index is 1870. The summed E-state index contributed by atoms with van der Waals surface area (Å²) >= 11 is 1.26. The summed E-state index contributed by atoms with van der Waals surface area (Å²) in [5.41, 5.74) is 1.34. The van der Waals surface area contributed by atoms with Gasteiger partial charge in [0.25, 0.3) is 0 Å². The molecule has 11 heteroatoms. The van der Waals surface area contributed by atoms with Gasteiger partial charge in [0.05, 0.1) is 36.7 Å². The number of nitrogens with one attached hydrogen (secondary N) is 2. The molecule has 0 saturated carbocycles. The predicted octanol–water partition coefficient (Wildman–Crippen LogP) is 6.77. The van der Waals surface area contributed by atoms with Gasteiger partial charge in [0, 0.05) is 32.3 Å². The molecule has 1 heterocycles.